The summed E-state index contributed by atoms with van der Waals surface area (Å²) in [6.07, 6.45) is 3.81. The van der Waals surface area contributed by atoms with E-state index in [9.17, 15) is 9.59 Å². The van der Waals surface area contributed by atoms with Crippen LogP contribution in [0.1, 0.15) is 44.9 Å². The molecule has 6 nitrogen and oxygen atoms in total. The van der Waals surface area contributed by atoms with Crippen LogP contribution >= 0.6 is 0 Å². The molecule has 2 heterocycles. The van der Waals surface area contributed by atoms with E-state index in [0.29, 0.717) is 19.5 Å². The predicted octanol–water partition coefficient (Wildman–Crippen LogP) is 3.04. The van der Waals surface area contributed by atoms with Gasteiger partial charge < -0.3 is 14.5 Å². The van der Waals surface area contributed by atoms with Gasteiger partial charge in [0.1, 0.15) is 5.60 Å². The minimum Gasteiger partial charge on any atom is -0.444 e. The molecule has 1 saturated heterocycles. The lowest BCUT2D eigenvalue weighted by Crippen LogP contribution is -2.45. The van der Waals surface area contributed by atoms with Crippen molar-refractivity contribution in [1.29, 1.82) is 0 Å². The van der Waals surface area contributed by atoms with Crippen LogP contribution in [0, 0.1) is 12.8 Å². The molecule has 0 saturated carbocycles. The van der Waals surface area contributed by atoms with Crippen molar-refractivity contribution in [2.45, 2.75) is 52.6 Å². The number of carbonyl (C=O) groups excluding carboxylic acids is 2. The first kappa shape index (κ1) is 20.2. The average molecular weight is 361 g/mol. The van der Waals surface area contributed by atoms with Gasteiger partial charge in [0.15, 0.2) is 0 Å². The molecule has 1 aromatic rings. The van der Waals surface area contributed by atoms with E-state index >= 15 is 0 Å². The zero-order chi connectivity index (χ0) is 19.3. The van der Waals surface area contributed by atoms with E-state index in [0.717, 1.165) is 30.6 Å². The molecule has 6 heteroatoms. The van der Waals surface area contributed by atoms with E-state index in [1.807, 2.05) is 44.7 Å². The highest BCUT2D eigenvalue weighted by atomic mass is 16.6. The van der Waals surface area contributed by atoms with Crippen LogP contribution in [0.15, 0.2) is 18.3 Å². The van der Waals surface area contributed by atoms with Crippen LogP contribution in [-0.4, -0.2) is 59.1 Å². The Labute approximate surface area is 156 Å². The zero-order valence-electron chi connectivity index (χ0n) is 16.6. The van der Waals surface area contributed by atoms with Crippen LogP contribution in [0.3, 0.4) is 0 Å². The predicted molar refractivity (Wildman–Crippen MR) is 101 cm³/mol. The highest BCUT2D eigenvalue weighted by molar-refractivity contribution is 5.78. The Morgan fingerprint density at radius 3 is 2.69 bits per heavy atom. The molecule has 0 aliphatic carbocycles. The van der Waals surface area contributed by atoms with E-state index < -0.39 is 5.60 Å². The number of ether oxygens (including phenoxy) is 1. The van der Waals surface area contributed by atoms with Gasteiger partial charge in [0.2, 0.25) is 5.91 Å². The fraction of sp³-hybridized carbons (Fsp3) is 0.650. The van der Waals surface area contributed by atoms with Crippen LogP contribution < -0.4 is 0 Å². The summed E-state index contributed by atoms with van der Waals surface area (Å²) in [5, 5.41) is 0. The maximum absolute atomic E-state index is 12.6. The van der Waals surface area contributed by atoms with Gasteiger partial charge in [-0.05, 0) is 58.1 Å². The van der Waals surface area contributed by atoms with Crippen LogP contribution in [0.25, 0.3) is 0 Å². The highest BCUT2D eigenvalue weighted by Gasteiger charge is 2.27. The number of aromatic nitrogens is 1. The topological polar surface area (TPSA) is 62.7 Å². The minimum absolute atomic E-state index is 0.125. The third kappa shape index (κ3) is 6.32. The summed E-state index contributed by atoms with van der Waals surface area (Å²) >= 11 is 0. The quantitative estimate of drug-likeness (QED) is 0.827. The molecule has 1 aromatic heterocycles. The second-order valence-electron chi connectivity index (χ2n) is 8.19. The summed E-state index contributed by atoms with van der Waals surface area (Å²) in [7, 11) is 1.76. The summed E-state index contributed by atoms with van der Waals surface area (Å²) in [6, 6.07) is 3.88. The van der Waals surface area contributed by atoms with Crippen LogP contribution in [0.5, 0.6) is 0 Å². The Morgan fingerprint density at radius 1 is 1.35 bits per heavy atom. The number of pyridine rings is 1. The number of piperidine rings is 1. The molecule has 1 unspecified atom stereocenters. The molecule has 0 aromatic carbocycles. The van der Waals surface area contributed by atoms with E-state index in [1.165, 1.54) is 0 Å². The van der Waals surface area contributed by atoms with Crippen molar-refractivity contribution in [3.63, 3.8) is 0 Å². The molecular weight excluding hydrogens is 330 g/mol. The van der Waals surface area contributed by atoms with Gasteiger partial charge in [-0.15, -0.1) is 0 Å². The summed E-state index contributed by atoms with van der Waals surface area (Å²) in [4.78, 5) is 32.5. The molecule has 2 rings (SSSR count). The van der Waals surface area contributed by atoms with Crippen molar-refractivity contribution < 1.29 is 14.3 Å². The third-order valence-electron chi connectivity index (χ3n) is 4.44. The SMILES string of the molecule is Cc1ccc(CC(=O)N2CCCC(CN(C)C(=O)OC(C)(C)C)C2)cn1. The summed E-state index contributed by atoms with van der Waals surface area (Å²) < 4.78 is 5.40. The van der Waals surface area contributed by atoms with Crippen molar-refractivity contribution in [1.82, 2.24) is 14.8 Å². The Hall–Kier alpha value is -2.11. The summed E-state index contributed by atoms with van der Waals surface area (Å²) in [5.74, 6) is 0.404. The Bertz CT molecular complexity index is 622. The Balaban J connectivity index is 1.86. The molecule has 1 aliphatic heterocycles. The van der Waals surface area contributed by atoms with Crippen LogP contribution in [0.4, 0.5) is 4.79 Å². The molecule has 26 heavy (non-hydrogen) atoms. The van der Waals surface area contributed by atoms with Crippen molar-refractivity contribution in [3.8, 4) is 0 Å². The lowest BCUT2D eigenvalue weighted by atomic mass is 9.97. The number of aryl methyl sites for hydroxylation is 1. The monoisotopic (exact) mass is 361 g/mol. The first-order valence-corrected chi connectivity index (χ1v) is 9.27. The number of hydrogen-bond acceptors (Lipinski definition) is 4. The van der Waals surface area contributed by atoms with Gasteiger partial charge in [-0.3, -0.25) is 9.78 Å². The van der Waals surface area contributed by atoms with Gasteiger partial charge in [0, 0.05) is 38.6 Å². The lowest BCUT2D eigenvalue weighted by Gasteiger charge is -2.35. The number of likely N-dealkylation sites (tertiary alicyclic amines) is 1. The molecule has 1 aliphatic rings. The molecule has 0 bridgehead atoms. The van der Waals surface area contributed by atoms with E-state index in [-0.39, 0.29) is 17.9 Å². The van der Waals surface area contributed by atoms with Gasteiger partial charge in [-0.2, -0.15) is 0 Å². The third-order valence-corrected chi connectivity index (χ3v) is 4.44. The molecule has 1 fully saturated rings. The molecular formula is C20H31N3O3. The minimum atomic E-state index is -0.498. The summed E-state index contributed by atoms with van der Waals surface area (Å²) in [6.45, 7) is 9.59. The van der Waals surface area contributed by atoms with Crippen LogP contribution in [-0.2, 0) is 16.0 Å². The molecule has 2 amide bonds. The van der Waals surface area contributed by atoms with E-state index in [1.54, 1.807) is 18.1 Å². The maximum Gasteiger partial charge on any atom is 0.410 e. The molecule has 0 spiro atoms. The fourth-order valence-corrected chi connectivity index (χ4v) is 3.13. The first-order chi connectivity index (χ1) is 12.1. The summed E-state index contributed by atoms with van der Waals surface area (Å²) in [5.41, 5.74) is 1.39. The second-order valence-corrected chi connectivity index (χ2v) is 8.19. The number of rotatable bonds is 4. The van der Waals surface area contributed by atoms with Gasteiger partial charge in [-0.1, -0.05) is 6.07 Å². The van der Waals surface area contributed by atoms with Gasteiger partial charge in [-0.25, -0.2) is 4.79 Å². The smallest absolute Gasteiger partial charge is 0.410 e. The maximum atomic E-state index is 12.6. The molecule has 0 radical (unpaired) electrons. The van der Waals surface area contributed by atoms with E-state index in [2.05, 4.69) is 4.98 Å². The molecule has 144 valence electrons. The van der Waals surface area contributed by atoms with Gasteiger partial charge >= 0.3 is 6.09 Å². The largest absolute Gasteiger partial charge is 0.444 e. The Kier molecular flexibility index (Phi) is 6.62. The van der Waals surface area contributed by atoms with Crippen molar-refractivity contribution in [2.24, 2.45) is 5.92 Å². The number of carbonyl (C=O) groups is 2. The number of hydrogen-bond donors (Lipinski definition) is 0. The first-order valence-electron chi connectivity index (χ1n) is 9.27. The van der Waals surface area contributed by atoms with Crippen LogP contribution in [0.2, 0.25) is 0 Å². The van der Waals surface area contributed by atoms with E-state index in [4.69, 9.17) is 4.74 Å². The van der Waals surface area contributed by atoms with Gasteiger partial charge in [0.25, 0.3) is 0 Å². The molecule has 1 atom stereocenters. The average Bonchev–Trinajstić information content (AvgIpc) is 2.55. The fourth-order valence-electron chi connectivity index (χ4n) is 3.13. The zero-order valence-corrected chi connectivity index (χ0v) is 16.6. The van der Waals surface area contributed by atoms with Gasteiger partial charge in [0.05, 0.1) is 6.42 Å². The molecule has 0 N–H and O–H groups in total. The standard InChI is InChI=1S/C20H31N3O3/c1-15-8-9-16(12-21-15)11-18(24)23-10-6-7-17(14-23)13-22(5)19(25)26-20(2,3)4/h8-9,12,17H,6-7,10-11,13-14H2,1-5H3. The Morgan fingerprint density at radius 2 is 2.08 bits per heavy atom. The highest BCUT2D eigenvalue weighted by Crippen LogP contribution is 2.19. The lowest BCUT2D eigenvalue weighted by molar-refractivity contribution is -0.132. The van der Waals surface area contributed by atoms with Crippen molar-refractivity contribution in [3.05, 3.63) is 29.6 Å². The number of nitrogens with zero attached hydrogens (tertiary/aromatic N) is 3. The normalized spacial score (nSPS) is 17.7. The van der Waals surface area contributed by atoms with Crippen molar-refractivity contribution in [2.75, 3.05) is 26.7 Å². The number of amides is 2. The second kappa shape index (κ2) is 8.52. The van der Waals surface area contributed by atoms with Crippen molar-refractivity contribution >= 4 is 12.0 Å².